The minimum absolute atomic E-state index is 0.0299. The smallest absolute Gasteiger partial charge is 0.155 e. The molecule has 1 heterocycles. The van der Waals surface area contributed by atoms with Crippen LogP contribution in [0.2, 0.25) is 0 Å². The van der Waals surface area contributed by atoms with Gasteiger partial charge in [0, 0.05) is 6.61 Å². The molecule has 1 rings (SSSR count). The van der Waals surface area contributed by atoms with Gasteiger partial charge in [-0.05, 0) is 6.42 Å². The van der Waals surface area contributed by atoms with E-state index in [9.17, 15) is 13.5 Å². The molecule has 0 saturated carbocycles. The van der Waals surface area contributed by atoms with Crippen LogP contribution in [0.5, 0.6) is 0 Å². The Morgan fingerprint density at radius 3 is 2.62 bits per heavy atom. The number of hydrogen-bond acceptors (Lipinski definition) is 4. The summed E-state index contributed by atoms with van der Waals surface area (Å²) in [6.45, 7) is 2.57. The van der Waals surface area contributed by atoms with Crippen molar-refractivity contribution in [1.29, 1.82) is 0 Å². The van der Waals surface area contributed by atoms with Crippen LogP contribution in [0.25, 0.3) is 0 Å². The van der Waals surface area contributed by atoms with Crippen molar-refractivity contribution in [2.24, 2.45) is 0 Å². The maximum atomic E-state index is 11.0. The zero-order valence-electron chi connectivity index (χ0n) is 7.77. The summed E-state index contributed by atoms with van der Waals surface area (Å²) in [6.07, 6.45) is 0.581. The molecular weight excluding hydrogens is 192 g/mol. The standard InChI is InChI=1S/C8H16O4S/c1-2-3-4-12-8-6-13(10,11)5-7(8)9/h7-9H,2-6H2,1H3. The van der Waals surface area contributed by atoms with Crippen LogP contribution >= 0.6 is 0 Å². The van der Waals surface area contributed by atoms with E-state index in [1.165, 1.54) is 0 Å². The number of hydrogen-bond donors (Lipinski definition) is 1. The van der Waals surface area contributed by atoms with Crippen molar-refractivity contribution in [3.63, 3.8) is 0 Å². The molecule has 1 aliphatic rings. The van der Waals surface area contributed by atoms with Crippen LogP contribution in [0, 0.1) is 0 Å². The van der Waals surface area contributed by atoms with E-state index in [0.29, 0.717) is 6.61 Å². The van der Waals surface area contributed by atoms with Crippen LogP contribution in [-0.2, 0) is 14.6 Å². The van der Waals surface area contributed by atoms with Gasteiger partial charge in [0.25, 0.3) is 0 Å². The summed E-state index contributed by atoms with van der Waals surface area (Å²) in [7, 11) is -3.06. The zero-order valence-corrected chi connectivity index (χ0v) is 8.59. The molecule has 0 aliphatic carbocycles. The van der Waals surface area contributed by atoms with E-state index in [-0.39, 0.29) is 11.5 Å². The normalized spacial score (nSPS) is 32.2. The van der Waals surface area contributed by atoms with E-state index in [1.54, 1.807) is 0 Å². The van der Waals surface area contributed by atoms with Crippen molar-refractivity contribution in [3.8, 4) is 0 Å². The molecule has 0 spiro atoms. The summed E-state index contributed by atoms with van der Waals surface area (Å²) in [5.41, 5.74) is 0. The third-order valence-electron chi connectivity index (χ3n) is 2.10. The Morgan fingerprint density at radius 2 is 2.15 bits per heavy atom. The Balaban J connectivity index is 2.36. The van der Waals surface area contributed by atoms with E-state index >= 15 is 0 Å². The number of ether oxygens (including phenoxy) is 1. The van der Waals surface area contributed by atoms with Gasteiger partial charge in [-0.3, -0.25) is 0 Å². The molecule has 0 amide bonds. The fraction of sp³-hybridized carbons (Fsp3) is 1.00. The van der Waals surface area contributed by atoms with Gasteiger partial charge >= 0.3 is 0 Å². The first kappa shape index (κ1) is 10.9. The van der Waals surface area contributed by atoms with Gasteiger partial charge in [0.2, 0.25) is 0 Å². The van der Waals surface area contributed by atoms with Crippen molar-refractivity contribution < 1.29 is 18.3 Å². The second kappa shape index (κ2) is 4.39. The van der Waals surface area contributed by atoms with Crippen molar-refractivity contribution in [2.75, 3.05) is 18.1 Å². The Bertz CT molecular complexity index is 247. The summed E-state index contributed by atoms with van der Waals surface area (Å²) in [5, 5.41) is 9.32. The van der Waals surface area contributed by atoms with E-state index < -0.39 is 22.0 Å². The highest BCUT2D eigenvalue weighted by Crippen LogP contribution is 2.15. The lowest BCUT2D eigenvalue weighted by atomic mass is 10.2. The molecule has 0 aromatic rings. The molecule has 5 heteroatoms. The third kappa shape index (κ3) is 3.25. The van der Waals surface area contributed by atoms with Gasteiger partial charge in [-0.1, -0.05) is 13.3 Å². The maximum Gasteiger partial charge on any atom is 0.155 e. The lowest BCUT2D eigenvalue weighted by molar-refractivity contribution is -0.00854. The minimum atomic E-state index is -3.06. The molecule has 1 aliphatic heterocycles. The van der Waals surface area contributed by atoms with E-state index in [0.717, 1.165) is 12.8 Å². The fourth-order valence-corrected chi connectivity index (χ4v) is 3.03. The number of aliphatic hydroxyl groups excluding tert-OH is 1. The second-order valence-electron chi connectivity index (χ2n) is 3.41. The van der Waals surface area contributed by atoms with Gasteiger partial charge in [0.1, 0.15) is 0 Å². The van der Waals surface area contributed by atoms with Gasteiger partial charge in [-0.2, -0.15) is 0 Å². The molecule has 0 bridgehead atoms. The molecular formula is C8H16O4S. The SMILES string of the molecule is CCCCOC1CS(=O)(=O)CC1O. The molecule has 78 valence electrons. The van der Waals surface area contributed by atoms with Gasteiger partial charge in [0.05, 0.1) is 23.7 Å². The van der Waals surface area contributed by atoms with Crippen molar-refractivity contribution in [2.45, 2.75) is 32.0 Å². The first-order valence-corrected chi connectivity index (χ1v) is 6.37. The highest BCUT2D eigenvalue weighted by molar-refractivity contribution is 7.91. The highest BCUT2D eigenvalue weighted by Gasteiger charge is 2.36. The van der Waals surface area contributed by atoms with E-state index in [1.807, 2.05) is 6.92 Å². The monoisotopic (exact) mass is 208 g/mol. The molecule has 2 atom stereocenters. The summed E-state index contributed by atoms with van der Waals surface area (Å²) in [6, 6.07) is 0. The van der Waals surface area contributed by atoms with Gasteiger partial charge < -0.3 is 9.84 Å². The first-order chi connectivity index (χ1) is 6.05. The fourth-order valence-electron chi connectivity index (χ4n) is 1.34. The maximum absolute atomic E-state index is 11.0. The summed E-state index contributed by atoms with van der Waals surface area (Å²) in [4.78, 5) is 0. The van der Waals surface area contributed by atoms with Gasteiger partial charge in [-0.25, -0.2) is 8.42 Å². The third-order valence-corrected chi connectivity index (χ3v) is 3.79. The van der Waals surface area contributed by atoms with Crippen molar-refractivity contribution in [3.05, 3.63) is 0 Å². The van der Waals surface area contributed by atoms with Crippen molar-refractivity contribution in [1.82, 2.24) is 0 Å². The topological polar surface area (TPSA) is 63.6 Å². The summed E-state index contributed by atoms with van der Waals surface area (Å²) >= 11 is 0. The van der Waals surface area contributed by atoms with E-state index in [4.69, 9.17) is 4.74 Å². The second-order valence-corrected chi connectivity index (χ2v) is 5.56. The number of rotatable bonds is 4. The number of unbranched alkanes of at least 4 members (excludes halogenated alkanes) is 1. The molecule has 4 nitrogen and oxygen atoms in total. The Morgan fingerprint density at radius 1 is 1.46 bits per heavy atom. The molecule has 1 N–H and O–H groups in total. The van der Waals surface area contributed by atoms with Gasteiger partial charge in [-0.15, -0.1) is 0 Å². The molecule has 13 heavy (non-hydrogen) atoms. The van der Waals surface area contributed by atoms with Crippen LogP contribution in [0.1, 0.15) is 19.8 Å². The Hall–Kier alpha value is -0.130. The predicted octanol–water partition coefficient (Wildman–Crippen LogP) is -0.0390. The van der Waals surface area contributed by atoms with Crippen LogP contribution < -0.4 is 0 Å². The molecule has 0 aromatic carbocycles. The van der Waals surface area contributed by atoms with Crippen LogP contribution in [0.15, 0.2) is 0 Å². The Labute approximate surface area is 78.8 Å². The number of aliphatic hydroxyl groups is 1. The lowest BCUT2D eigenvalue weighted by Crippen LogP contribution is -2.27. The van der Waals surface area contributed by atoms with Crippen molar-refractivity contribution >= 4 is 9.84 Å². The number of sulfone groups is 1. The molecule has 1 saturated heterocycles. The van der Waals surface area contributed by atoms with E-state index in [2.05, 4.69) is 0 Å². The first-order valence-electron chi connectivity index (χ1n) is 4.55. The molecule has 0 radical (unpaired) electrons. The highest BCUT2D eigenvalue weighted by atomic mass is 32.2. The predicted molar refractivity (Wildman–Crippen MR) is 49.3 cm³/mol. The van der Waals surface area contributed by atoms with Crippen LogP contribution in [0.4, 0.5) is 0 Å². The average molecular weight is 208 g/mol. The minimum Gasteiger partial charge on any atom is -0.389 e. The summed E-state index contributed by atoms with van der Waals surface area (Å²) in [5.74, 6) is -0.179. The summed E-state index contributed by atoms with van der Waals surface area (Å²) < 4.78 is 27.4. The molecule has 1 fully saturated rings. The van der Waals surface area contributed by atoms with Crippen LogP contribution in [-0.4, -0.2) is 43.8 Å². The quantitative estimate of drug-likeness (QED) is 0.658. The molecule has 0 aromatic heterocycles. The lowest BCUT2D eigenvalue weighted by Gasteiger charge is -2.13. The Kier molecular flexibility index (Phi) is 3.70. The average Bonchev–Trinajstić information content (AvgIpc) is 2.25. The van der Waals surface area contributed by atoms with Crippen LogP contribution in [0.3, 0.4) is 0 Å². The zero-order chi connectivity index (χ0) is 9.90. The van der Waals surface area contributed by atoms with Gasteiger partial charge in [0.15, 0.2) is 9.84 Å². The largest absolute Gasteiger partial charge is 0.389 e. The molecule has 2 unspecified atom stereocenters.